The number of hydrogen-bond acceptors (Lipinski definition) is 4. The first-order valence-electron chi connectivity index (χ1n) is 5.50. The van der Waals surface area contributed by atoms with E-state index in [9.17, 15) is 12.8 Å². The average Bonchev–Trinajstić information content (AvgIpc) is 2.80. The lowest BCUT2D eigenvalue weighted by Crippen LogP contribution is -2.26. The van der Waals surface area contributed by atoms with Gasteiger partial charge in [0.1, 0.15) is 23.1 Å². The summed E-state index contributed by atoms with van der Waals surface area (Å²) in [6, 6.07) is 6.44. The van der Waals surface area contributed by atoms with Crippen molar-refractivity contribution in [3.05, 3.63) is 46.6 Å². The Balaban J connectivity index is 2.46. The Morgan fingerprint density at radius 2 is 2.10 bits per heavy atom. The predicted octanol–water partition coefficient (Wildman–Crippen LogP) is 2.50. The van der Waals surface area contributed by atoms with E-state index in [0.29, 0.717) is 0 Å². The summed E-state index contributed by atoms with van der Waals surface area (Å²) >= 11 is 2.99. The van der Waals surface area contributed by atoms with Crippen LogP contribution in [-0.4, -0.2) is 20.6 Å². The van der Waals surface area contributed by atoms with E-state index < -0.39 is 22.4 Å². The fourth-order valence-electron chi connectivity index (χ4n) is 1.61. The van der Waals surface area contributed by atoms with Crippen molar-refractivity contribution in [3.63, 3.8) is 0 Å². The molecule has 0 saturated heterocycles. The van der Waals surface area contributed by atoms with Crippen molar-refractivity contribution in [1.29, 1.82) is 0 Å². The Bertz CT molecular complexity index is 729. The smallest absolute Gasteiger partial charge is 0.268 e. The van der Waals surface area contributed by atoms with Crippen molar-refractivity contribution in [3.8, 4) is 0 Å². The highest BCUT2D eigenvalue weighted by Crippen LogP contribution is 2.30. The van der Waals surface area contributed by atoms with Gasteiger partial charge in [-0.1, -0.05) is 6.07 Å². The maximum absolute atomic E-state index is 13.2. The highest BCUT2D eigenvalue weighted by molar-refractivity contribution is 9.10. The maximum atomic E-state index is 13.2. The predicted molar refractivity (Wildman–Crippen MR) is 74.3 cm³/mol. The van der Waals surface area contributed by atoms with Crippen LogP contribution < -0.4 is 4.31 Å². The van der Waals surface area contributed by atoms with E-state index in [1.807, 2.05) is 0 Å². The summed E-state index contributed by atoms with van der Waals surface area (Å²) in [6.45, 7) is -0.419. The summed E-state index contributed by atoms with van der Waals surface area (Å²) in [4.78, 5) is -0.131. The summed E-state index contributed by atoms with van der Waals surface area (Å²) in [6.07, 6.45) is 0. The number of halogens is 2. The molecule has 1 aromatic carbocycles. The largest absolute Gasteiger partial charge is 0.450 e. The van der Waals surface area contributed by atoms with Crippen LogP contribution in [-0.2, 0) is 16.6 Å². The first kappa shape index (κ1) is 15.0. The Hall–Kier alpha value is -1.38. The van der Waals surface area contributed by atoms with Crippen LogP contribution >= 0.6 is 15.9 Å². The van der Waals surface area contributed by atoms with Gasteiger partial charge in [0.2, 0.25) is 0 Å². The number of furan rings is 1. The van der Waals surface area contributed by atoms with Gasteiger partial charge < -0.3 is 9.52 Å². The second-order valence-electron chi connectivity index (χ2n) is 3.96. The van der Waals surface area contributed by atoms with Crippen molar-refractivity contribution in [1.82, 2.24) is 0 Å². The second kappa shape index (κ2) is 5.55. The van der Waals surface area contributed by atoms with Crippen LogP contribution in [0.5, 0.6) is 0 Å². The molecule has 0 bridgehead atoms. The van der Waals surface area contributed by atoms with E-state index >= 15 is 0 Å². The molecule has 20 heavy (non-hydrogen) atoms. The van der Waals surface area contributed by atoms with E-state index in [1.54, 1.807) is 0 Å². The van der Waals surface area contributed by atoms with E-state index in [1.165, 1.54) is 31.3 Å². The van der Waals surface area contributed by atoms with Gasteiger partial charge in [-0.15, -0.1) is 0 Å². The fourth-order valence-corrected chi connectivity index (χ4v) is 3.76. The molecule has 1 N–H and O–H groups in total. The first-order chi connectivity index (χ1) is 9.36. The van der Waals surface area contributed by atoms with Gasteiger partial charge in [0.25, 0.3) is 10.0 Å². The molecule has 8 heteroatoms. The SMILES string of the molecule is CN(c1cccc(F)c1)S(=O)(=O)c1cc(CO)oc1Br. The molecule has 2 rings (SSSR count). The monoisotopic (exact) mass is 363 g/mol. The minimum absolute atomic E-state index is 0.00944. The minimum Gasteiger partial charge on any atom is -0.450 e. The lowest BCUT2D eigenvalue weighted by Gasteiger charge is -2.18. The maximum Gasteiger partial charge on any atom is 0.268 e. The number of benzene rings is 1. The molecule has 0 fully saturated rings. The summed E-state index contributed by atoms with van der Waals surface area (Å²) in [7, 11) is -2.61. The molecule has 0 unspecified atom stereocenters. The molecule has 0 spiro atoms. The molecule has 5 nitrogen and oxygen atoms in total. The molecular formula is C12H11BrFNO4S. The molecular weight excluding hydrogens is 353 g/mol. The number of aliphatic hydroxyl groups is 1. The summed E-state index contributed by atoms with van der Waals surface area (Å²) in [5, 5.41) is 8.96. The fraction of sp³-hybridized carbons (Fsp3) is 0.167. The summed E-state index contributed by atoms with van der Waals surface area (Å²) in [5.74, 6) is -0.421. The molecule has 0 aliphatic rings. The summed E-state index contributed by atoms with van der Waals surface area (Å²) < 4.78 is 44.0. The number of nitrogens with zero attached hydrogens (tertiary/aromatic N) is 1. The third kappa shape index (κ3) is 2.72. The molecule has 0 atom stereocenters. The zero-order valence-corrected chi connectivity index (χ0v) is 12.8. The minimum atomic E-state index is -3.91. The van der Waals surface area contributed by atoms with Gasteiger partial charge in [0.15, 0.2) is 4.67 Å². The number of aliphatic hydroxyl groups excluding tert-OH is 1. The van der Waals surface area contributed by atoms with Crippen molar-refractivity contribution in [2.24, 2.45) is 0 Å². The van der Waals surface area contributed by atoms with E-state index in [0.717, 1.165) is 10.4 Å². The number of sulfonamides is 1. The lowest BCUT2D eigenvalue weighted by molar-refractivity contribution is 0.245. The molecule has 1 heterocycles. The lowest BCUT2D eigenvalue weighted by atomic mass is 10.3. The van der Waals surface area contributed by atoms with Gasteiger partial charge in [0, 0.05) is 13.1 Å². The van der Waals surface area contributed by atoms with E-state index in [2.05, 4.69) is 15.9 Å². The van der Waals surface area contributed by atoms with Gasteiger partial charge in [0.05, 0.1) is 5.69 Å². The Labute approximate surface area is 123 Å². The van der Waals surface area contributed by atoms with Crippen LogP contribution in [0.2, 0.25) is 0 Å². The second-order valence-corrected chi connectivity index (χ2v) is 6.62. The topological polar surface area (TPSA) is 70.8 Å². The zero-order chi connectivity index (χ0) is 14.9. The number of rotatable bonds is 4. The Kier molecular flexibility index (Phi) is 4.17. The molecule has 0 radical (unpaired) electrons. The van der Waals surface area contributed by atoms with Crippen molar-refractivity contribution < 1.29 is 22.3 Å². The van der Waals surface area contributed by atoms with Crippen LogP contribution in [0.25, 0.3) is 0 Å². The third-order valence-corrected chi connectivity index (χ3v) is 5.32. The van der Waals surface area contributed by atoms with Crippen molar-refractivity contribution >= 4 is 31.6 Å². The van der Waals surface area contributed by atoms with Gasteiger partial charge >= 0.3 is 0 Å². The van der Waals surface area contributed by atoms with Crippen LogP contribution in [0.4, 0.5) is 10.1 Å². The van der Waals surface area contributed by atoms with Gasteiger partial charge in [-0.2, -0.15) is 0 Å². The van der Waals surface area contributed by atoms with Gasteiger partial charge in [-0.05, 0) is 34.1 Å². The zero-order valence-electron chi connectivity index (χ0n) is 10.4. The molecule has 2 aromatic rings. The molecule has 108 valence electrons. The Morgan fingerprint density at radius 1 is 1.40 bits per heavy atom. The molecule has 0 saturated carbocycles. The quantitative estimate of drug-likeness (QED) is 0.905. The van der Waals surface area contributed by atoms with E-state index in [-0.39, 0.29) is 21.0 Å². The molecule has 1 aromatic heterocycles. The standard InChI is InChI=1S/C12H11BrFNO4S/c1-15(9-4-2-3-8(14)5-9)20(17,18)11-6-10(7-16)19-12(11)13/h2-6,16H,7H2,1H3. The molecule has 0 aliphatic heterocycles. The molecule has 0 aliphatic carbocycles. The van der Waals surface area contributed by atoms with Crippen molar-refractivity contribution in [2.75, 3.05) is 11.4 Å². The molecule has 0 amide bonds. The van der Waals surface area contributed by atoms with Crippen LogP contribution in [0, 0.1) is 5.82 Å². The highest BCUT2D eigenvalue weighted by atomic mass is 79.9. The summed E-state index contributed by atoms with van der Waals surface area (Å²) in [5.41, 5.74) is 0.184. The average molecular weight is 364 g/mol. The Morgan fingerprint density at radius 3 is 2.65 bits per heavy atom. The van der Waals surface area contributed by atoms with Gasteiger partial charge in [-0.3, -0.25) is 4.31 Å². The number of anilines is 1. The van der Waals surface area contributed by atoms with Crippen LogP contribution in [0.15, 0.2) is 44.3 Å². The first-order valence-corrected chi connectivity index (χ1v) is 7.73. The highest BCUT2D eigenvalue weighted by Gasteiger charge is 2.27. The van der Waals surface area contributed by atoms with Crippen LogP contribution in [0.1, 0.15) is 5.76 Å². The van der Waals surface area contributed by atoms with Crippen molar-refractivity contribution in [2.45, 2.75) is 11.5 Å². The normalized spacial score (nSPS) is 11.6. The van der Waals surface area contributed by atoms with Crippen LogP contribution in [0.3, 0.4) is 0 Å². The van der Waals surface area contributed by atoms with Gasteiger partial charge in [-0.25, -0.2) is 12.8 Å². The van der Waals surface area contributed by atoms with E-state index in [4.69, 9.17) is 9.52 Å². The third-order valence-electron chi connectivity index (χ3n) is 2.67. The number of hydrogen-bond donors (Lipinski definition) is 1.